The molecule has 0 bridgehead atoms. The van der Waals surface area contributed by atoms with Gasteiger partial charge in [0.05, 0.1) is 12.5 Å². The highest BCUT2D eigenvalue weighted by Gasteiger charge is 2.27. The molecule has 6 nitrogen and oxygen atoms in total. The zero-order chi connectivity index (χ0) is 18.8. The number of hydrogen-bond acceptors (Lipinski definition) is 4. The summed E-state index contributed by atoms with van der Waals surface area (Å²) >= 11 is 0. The normalized spacial score (nSPS) is 24.8. The lowest BCUT2D eigenvalue weighted by molar-refractivity contribution is -0.149. The number of piperidine rings is 1. The van der Waals surface area contributed by atoms with Gasteiger partial charge >= 0.3 is 5.97 Å². The predicted molar refractivity (Wildman–Crippen MR) is 122 cm³/mol. The molecule has 7 heteroatoms. The highest BCUT2D eigenvalue weighted by atomic mass is 127. The van der Waals surface area contributed by atoms with Crippen LogP contribution in [0.1, 0.15) is 58.8 Å². The average Bonchev–Trinajstić information content (AvgIpc) is 2.68. The molecule has 2 N–H and O–H groups in total. The molecule has 158 valence electrons. The molecule has 0 aromatic rings. The lowest BCUT2D eigenvalue weighted by Crippen LogP contribution is -2.46. The van der Waals surface area contributed by atoms with Crippen molar-refractivity contribution >= 4 is 35.9 Å². The van der Waals surface area contributed by atoms with Crippen molar-refractivity contribution in [3.8, 4) is 0 Å². The Hall–Kier alpha value is -0.570. The molecule has 1 aliphatic carbocycles. The molecule has 2 rings (SSSR count). The van der Waals surface area contributed by atoms with E-state index in [0.29, 0.717) is 12.6 Å². The Morgan fingerprint density at radius 3 is 2.33 bits per heavy atom. The van der Waals surface area contributed by atoms with Crippen LogP contribution in [0, 0.1) is 11.8 Å². The largest absolute Gasteiger partial charge is 0.466 e. The van der Waals surface area contributed by atoms with Crippen LogP contribution in [-0.4, -0.2) is 62.7 Å². The molecule has 27 heavy (non-hydrogen) atoms. The minimum absolute atomic E-state index is 0. The number of hydrogen-bond donors (Lipinski definition) is 2. The minimum Gasteiger partial charge on any atom is -0.466 e. The van der Waals surface area contributed by atoms with Crippen molar-refractivity contribution in [1.29, 1.82) is 0 Å². The smallest absolute Gasteiger partial charge is 0.308 e. The van der Waals surface area contributed by atoms with Gasteiger partial charge in [0.15, 0.2) is 5.96 Å². The van der Waals surface area contributed by atoms with Gasteiger partial charge in [-0.05, 0) is 77.4 Å². The number of rotatable bonds is 7. The summed E-state index contributed by atoms with van der Waals surface area (Å²) in [5.41, 5.74) is 0. The summed E-state index contributed by atoms with van der Waals surface area (Å²) < 4.78 is 5.14. The van der Waals surface area contributed by atoms with Gasteiger partial charge in [-0.25, -0.2) is 0 Å². The third kappa shape index (κ3) is 8.54. The Morgan fingerprint density at radius 1 is 1.11 bits per heavy atom. The van der Waals surface area contributed by atoms with Crippen LogP contribution in [0.15, 0.2) is 4.99 Å². The third-order valence-corrected chi connectivity index (χ3v) is 5.91. The van der Waals surface area contributed by atoms with Crippen molar-refractivity contribution in [2.24, 2.45) is 16.8 Å². The topological polar surface area (TPSA) is 66.0 Å². The number of nitrogens with zero attached hydrogens (tertiary/aromatic N) is 2. The zero-order valence-electron chi connectivity index (χ0n) is 17.3. The van der Waals surface area contributed by atoms with Crippen molar-refractivity contribution in [2.45, 2.75) is 64.8 Å². The summed E-state index contributed by atoms with van der Waals surface area (Å²) in [5.74, 6) is 1.79. The molecule has 0 aromatic carbocycles. The van der Waals surface area contributed by atoms with E-state index in [0.717, 1.165) is 44.1 Å². The number of carbonyl (C=O) groups excluding carboxylic acids is 1. The molecule has 0 aromatic heterocycles. The lowest BCUT2D eigenvalue weighted by atomic mass is 9.86. The fourth-order valence-corrected chi connectivity index (χ4v) is 4.11. The van der Waals surface area contributed by atoms with Gasteiger partial charge in [0.25, 0.3) is 0 Å². The van der Waals surface area contributed by atoms with E-state index in [4.69, 9.17) is 4.74 Å². The summed E-state index contributed by atoms with van der Waals surface area (Å²) in [4.78, 5) is 18.7. The summed E-state index contributed by atoms with van der Waals surface area (Å²) in [6.07, 6.45) is 7.67. The highest BCUT2D eigenvalue weighted by Crippen LogP contribution is 2.25. The van der Waals surface area contributed by atoms with Crippen LogP contribution in [-0.2, 0) is 9.53 Å². The van der Waals surface area contributed by atoms with Crippen LogP contribution < -0.4 is 10.6 Å². The molecule has 0 unspecified atom stereocenters. The summed E-state index contributed by atoms with van der Waals surface area (Å²) in [6.45, 7) is 9.25. The van der Waals surface area contributed by atoms with Gasteiger partial charge < -0.3 is 20.3 Å². The van der Waals surface area contributed by atoms with Crippen LogP contribution >= 0.6 is 24.0 Å². The van der Waals surface area contributed by atoms with Crippen molar-refractivity contribution in [3.05, 3.63) is 0 Å². The van der Waals surface area contributed by atoms with Crippen LogP contribution in [0.2, 0.25) is 0 Å². The standard InChI is InChI=1S/C20H38N4O2.HI/c1-4-24-14-11-16(12-15-24)10-13-22-20(21-3)23-18-8-6-17(7-9-18)19(25)26-5-2;/h16-18H,4-15H2,1-3H3,(H2,21,22,23);1H. The monoisotopic (exact) mass is 494 g/mol. The molecule has 0 spiro atoms. The van der Waals surface area contributed by atoms with Gasteiger partial charge in [0.1, 0.15) is 0 Å². The number of nitrogens with one attached hydrogen (secondary N) is 2. The molecule has 2 aliphatic rings. The van der Waals surface area contributed by atoms with E-state index in [1.54, 1.807) is 0 Å². The van der Waals surface area contributed by atoms with E-state index in [2.05, 4.69) is 27.4 Å². The SMILES string of the molecule is CCOC(=O)C1CCC(NC(=NC)NCCC2CCN(CC)CC2)CC1.I. The molecular formula is C20H39IN4O2. The second kappa shape index (κ2) is 13.6. The second-order valence-electron chi connectivity index (χ2n) is 7.61. The minimum atomic E-state index is -0.0254. The van der Waals surface area contributed by atoms with E-state index < -0.39 is 0 Å². The zero-order valence-corrected chi connectivity index (χ0v) is 19.7. The molecular weight excluding hydrogens is 455 g/mol. The van der Waals surface area contributed by atoms with E-state index in [1.807, 2.05) is 14.0 Å². The third-order valence-electron chi connectivity index (χ3n) is 5.91. The molecule has 1 saturated carbocycles. The van der Waals surface area contributed by atoms with Gasteiger partial charge in [-0.3, -0.25) is 9.79 Å². The quantitative estimate of drug-likeness (QED) is 0.247. The Kier molecular flexibility index (Phi) is 12.3. The van der Waals surface area contributed by atoms with Crippen LogP contribution in [0.5, 0.6) is 0 Å². The van der Waals surface area contributed by atoms with Crippen molar-refractivity contribution < 1.29 is 9.53 Å². The van der Waals surface area contributed by atoms with Crippen molar-refractivity contribution in [1.82, 2.24) is 15.5 Å². The first-order valence-electron chi connectivity index (χ1n) is 10.5. The number of esters is 1. The van der Waals surface area contributed by atoms with Gasteiger partial charge in [-0.2, -0.15) is 0 Å². The Morgan fingerprint density at radius 2 is 1.78 bits per heavy atom. The van der Waals surface area contributed by atoms with E-state index in [9.17, 15) is 4.79 Å². The molecule has 2 fully saturated rings. The van der Waals surface area contributed by atoms with Crippen LogP contribution in [0.4, 0.5) is 0 Å². The van der Waals surface area contributed by atoms with Crippen LogP contribution in [0.25, 0.3) is 0 Å². The van der Waals surface area contributed by atoms with Crippen molar-refractivity contribution in [3.63, 3.8) is 0 Å². The fraction of sp³-hybridized carbons (Fsp3) is 0.900. The first-order valence-corrected chi connectivity index (χ1v) is 10.5. The molecule has 0 radical (unpaired) electrons. The average molecular weight is 494 g/mol. The first kappa shape index (κ1) is 24.5. The maximum Gasteiger partial charge on any atom is 0.308 e. The maximum absolute atomic E-state index is 11.8. The number of halogens is 1. The molecule has 0 amide bonds. The molecule has 1 saturated heterocycles. The number of ether oxygens (including phenoxy) is 1. The number of likely N-dealkylation sites (tertiary alicyclic amines) is 1. The molecule has 0 atom stereocenters. The number of guanidine groups is 1. The Balaban J connectivity index is 0.00000364. The predicted octanol–water partition coefficient (Wildman–Crippen LogP) is 3.01. The molecule has 1 heterocycles. The summed E-state index contributed by atoms with van der Waals surface area (Å²) in [6, 6.07) is 0.402. The fourth-order valence-electron chi connectivity index (χ4n) is 4.11. The molecule has 1 aliphatic heterocycles. The Bertz CT molecular complexity index is 445. The van der Waals surface area contributed by atoms with Gasteiger partial charge in [-0.15, -0.1) is 24.0 Å². The van der Waals surface area contributed by atoms with E-state index >= 15 is 0 Å². The Labute approximate surface area is 182 Å². The van der Waals surface area contributed by atoms with Gasteiger partial charge in [0.2, 0.25) is 0 Å². The summed E-state index contributed by atoms with van der Waals surface area (Å²) in [5, 5.41) is 7.01. The van der Waals surface area contributed by atoms with Crippen LogP contribution in [0.3, 0.4) is 0 Å². The number of carbonyl (C=O) groups is 1. The second-order valence-corrected chi connectivity index (χ2v) is 7.61. The van der Waals surface area contributed by atoms with E-state index in [1.165, 1.54) is 38.9 Å². The van der Waals surface area contributed by atoms with Gasteiger partial charge in [-0.1, -0.05) is 6.92 Å². The highest BCUT2D eigenvalue weighted by molar-refractivity contribution is 14.0. The lowest BCUT2D eigenvalue weighted by Gasteiger charge is -2.31. The maximum atomic E-state index is 11.8. The first-order chi connectivity index (χ1) is 12.7. The van der Waals surface area contributed by atoms with E-state index in [-0.39, 0.29) is 35.9 Å². The van der Waals surface area contributed by atoms with Crippen molar-refractivity contribution in [2.75, 3.05) is 39.8 Å². The summed E-state index contributed by atoms with van der Waals surface area (Å²) in [7, 11) is 1.83. The number of aliphatic imine (C=N–C) groups is 1. The van der Waals surface area contributed by atoms with Gasteiger partial charge in [0, 0.05) is 19.6 Å².